The summed E-state index contributed by atoms with van der Waals surface area (Å²) in [7, 11) is 1.29. The maximum Gasteiger partial charge on any atom is 0.343 e. The molecule has 0 amide bonds. The zero-order valence-corrected chi connectivity index (χ0v) is 9.35. The first-order valence-electron chi connectivity index (χ1n) is 4.01. The summed E-state index contributed by atoms with van der Waals surface area (Å²) in [6, 6.07) is 0. The van der Waals surface area contributed by atoms with E-state index in [0.717, 1.165) is 0 Å². The lowest BCUT2D eigenvalue weighted by molar-refractivity contribution is 0.0601. The number of fused-ring (bicyclic) bond motifs is 1. The monoisotopic (exact) mass is 270 g/mol. The Labute approximate surface area is 93.2 Å². The zero-order valence-electron chi connectivity index (χ0n) is 7.77. The molecule has 0 aromatic carbocycles. The highest BCUT2D eigenvalue weighted by Gasteiger charge is 2.15. The molecule has 0 aliphatic heterocycles. The van der Waals surface area contributed by atoms with Crippen molar-refractivity contribution in [2.75, 3.05) is 12.8 Å². The van der Waals surface area contributed by atoms with E-state index in [1.54, 1.807) is 6.20 Å². The van der Waals surface area contributed by atoms with Crippen LogP contribution < -0.4 is 5.73 Å². The average Bonchev–Trinajstić information content (AvgIpc) is 2.61. The van der Waals surface area contributed by atoms with Gasteiger partial charge >= 0.3 is 5.97 Å². The number of anilines is 1. The quantitative estimate of drug-likeness (QED) is 0.778. The van der Waals surface area contributed by atoms with Gasteiger partial charge in [-0.3, -0.25) is 4.40 Å². The number of halogens is 1. The van der Waals surface area contributed by atoms with Crippen molar-refractivity contribution in [3.63, 3.8) is 0 Å². The second-order valence-corrected chi connectivity index (χ2v) is 3.58. The molecule has 6 nitrogen and oxygen atoms in total. The number of carbonyl (C=O) groups excluding carboxylic acids is 1. The normalized spacial score (nSPS) is 10.5. The molecule has 0 unspecified atom stereocenters. The minimum atomic E-state index is -0.525. The number of ether oxygens (including phenoxy) is 1. The molecule has 0 fully saturated rings. The van der Waals surface area contributed by atoms with E-state index < -0.39 is 5.97 Å². The number of esters is 1. The fourth-order valence-electron chi connectivity index (χ4n) is 1.21. The van der Waals surface area contributed by atoms with E-state index in [2.05, 4.69) is 30.6 Å². The van der Waals surface area contributed by atoms with Gasteiger partial charge in [0.1, 0.15) is 16.0 Å². The summed E-state index contributed by atoms with van der Waals surface area (Å²) >= 11 is 3.25. The smallest absolute Gasteiger partial charge is 0.343 e. The number of hydrogen-bond acceptors (Lipinski definition) is 5. The van der Waals surface area contributed by atoms with Gasteiger partial charge in [-0.15, -0.1) is 0 Å². The summed E-state index contributed by atoms with van der Waals surface area (Å²) < 4.78 is 6.73. The number of aromatic nitrogens is 3. The lowest BCUT2D eigenvalue weighted by Gasteiger charge is -2.05. The Morgan fingerprint density at radius 3 is 2.87 bits per heavy atom. The van der Waals surface area contributed by atoms with Crippen LogP contribution in [0.25, 0.3) is 5.78 Å². The van der Waals surface area contributed by atoms with Crippen LogP contribution >= 0.6 is 15.9 Å². The van der Waals surface area contributed by atoms with Crippen molar-refractivity contribution in [2.45, 2.75) is 0 Å². The highest BCUT2D eigenvalue weighted by molar-refractivity contribution is 9.10. The third kappa shape index (κ3) is 1.44. The first-order chi connectivity index (χ1) is 7.15. The van der Waals surface area contributed by atoms with Gasteiger partial charge in [0.05, 0.1) is 13.3 Å². The Kier molecular flexibility index (Phi) is 2.31. The first kappa shape index (κ1) is 9.91. The SMILES string of the molecule is COC(=O)c1cnc2ncc(Br)n2c1N. The topological polar surface area (TPSA) is 82.5 Å². The maximum absolute atomic E-state index is 11.3. The summed E-state index contributed by atoms with van der Waals surface area (Å²) in [6.07, 6.45) is 2.90. The third-order valence-corrected chi connectivity index (χ3v) is 2.49. The van der Waals surface area contributed by atoms with Gasteiger partial charge in [0.15, 0.2) is 0 Å². The van der Waals surface area contributed by atoms with Gasteiger partial charge in [0.25, 0.3) is 0 Å². The van der Waals surface area contributed by atoms with Crippen LogP contribution in [-0.2, 0) is 4.74 Å². The maximum atomic E-state index is 11.3. The van der Waals surface area contributed by atoms with Gasteiger partial charge in [-0.1, -0.05) is 0 Å². The molecule has 2 aromatic heterocycles. The molecule has 7 heteroatoms. The molecule has 2 rings (SSSR count). The molecule has 0 bridgehead atoms. The Hall–Kier alpha value is -1.63. The highest BCUT2D eigenvalue weighted by Crippen LogP contribution is 2.19. The van der Waals surface area contributed by atoms with Gasteiger partial charge in [0, 0.05) is 6.20 Å². The molecule has 15 heavy (non-hydrogen) atoms. The van der Waals surface area contributed by atoms with Crippen LogP contribution in [-0.4, -0.2) is 27.4 Å². The fourth-order valence-corrected chi connectivity index (χ4v) is 1.66. The van der Waals surface area contributed by atoms with Crippen molar-refractivity contribution in [3.8, 4) is 0 Å². The first-order valence-corrected chi connectivity index (χ1v) is 4.80. The molecule has 2 heterocycles. The van der Waals surface area contributed by atoms with Crippen molar-refractivity contribution in [1.82, 2.24) is 14.4 Å². The summed E-state index contributed by atoms with van der Waals surface area (Å²) in [6.45, 7) is 0. The van der Waals surface area contributed by atoms with Crippen LogP contribution in [0.4, 0.5) is 5.82 Å². The van der Waals surface area contributed by atoms with Crippen molar-refractivity contribution < 1.29 is 9.53 Å². The summed E-state index contributed by atoms with van der Waals surface area (Å²) in [5.41, 5.74) is 6.00. The van der Waals surface area contributed by atoms with Gasteiger partial charge in [0.2, 0.25) is 5.78 Å². The molecule has 0 saturated carbocycles. The molecular weight excluding hydrogens is 264 g/mol. The van der Waals surface area contributed by atoms with E-state index in [1.165, 1.54) is 17.7 Å². The Balaban J connectivity index is 2.74. The molecule has 0 radical (unpaired) electrons. The highest BCUT2D eigenvalue weighted by atomic mass is 79.9. The van der Waals surface area contributed by atoms with Crippen LogP contribution in [0.15, 0.2) is 17.0 Å². The van der Waals surface area contributed by atoms with Crippen LogP contribution in [0.1, 0.15) is 10.4 Å². The number of imidazole rings is 1. The summed E-state index contributed by atoms with van der Waals surface area (Å²) in [5, 5.41) is 0. The van der Waals surface area contributed by atoms with E-state index in [1.807, 2.05) is 0 Å². The van der Waals surface area contributed by atoms with Crippen LogP contribution in [0, 0.1) is 0 Å². The van der Waals surface area contributed by atoms with E-state index >= 15 is 0 Å². The summed E-state index contributed by atoms with van der Waals surface area (Å²) in [5.74, 6) is 0.144. The van der Waals surface area contributed by atoms with Crippen molar-refractivity contribution in [1.29, 1.82) is 0 Å². The van der Waals surface area contributed by atoms with Crippen molar-refractivity contribution in [3.05, 3.63) is 22.6 Å². The van der Waals surface area contributed by atoms with E-state index in [-0.39, 0.29) is 11.4 Å². The number of nitrogens with zero attached hydrogens (tertiary/aromatic N) is 3. The van der Waals surface area contributed by atoms with E-state index in [0.29, 0.717) is 10.4 Å². The largest absolute Gasteiger partial charge is 0.465 e. The predicted molar refractivity (Wildman–Crippen MR) is 56.4 cm³/mol. The molecule has 2 aromatic rings. The number of rotatable bonds is 1. The fraction of sp³-hybridized carbons (Fsp3) is 0.125. The number of hydrogen-bond donors (Lipinski definition) is 1. The van der Waals surface area contributed by atoms with Gasteiger partial charge in [-0.2, -0.15) is 0 Å². The molecule has 0 aliphatic rings. The number of carbonyl (C=O) groups is 1. The summed E-state index contributed by atoms with van der Waals surface area (Å²) in [4.78, 5) is 19.3. The van der Waals surface area contributed by atoms with E-state index in [9.17, 15) is 4.79 Å². The number of nitrogens with two attached hydrogens (primary N) is 1. The number of methoxy groups -OCH3 is 1. The molecule has 0 atom stereocenters. The van der Waals surface area contributed by atoms with Crippen LogP contribution in [0.3, 0.4) is 0 Å². The standard InChI is InChI=1S/C8H7BrN4O2/c1-15-7(14)4-2-11-8-12-3-5(9)13(8)6(4)10/h2-3H,10H2,1H3. The molecule has 0 spiro atoms. The molecule has 0 aliphatic carbocycles. The second-order valence-electron chi connectivity index (χ2n) is 2.77. The Morgan fingerprint density at radius 1 is 1.53 bits per heavy atom. The van der Waals surface area contributed by atoms with E-state index in [4.69, 9.17) is 5.73 Å². The van der Waals surface area contributed by atoms with Gasteiger partial charge in [-0.05, 0) is 15.9 Å². The van der Waals surface area contributed by atoms with Gasteiger partial charge in [-0.25, -0.2) is 14.8 Å². The van der Waals surface area contributed by atoms with Gasteiger partial charge < -0.3 is 10.5 Å². The Bertz CT molecular complexity index is 537. The third-order valence-electron chi connectivity index (χ3n) is 1.93. The second kappa shape index (κ2) is 3.50. The minimum absolute atomic E-state index is 0.212. The molecule has 0 saturated heterocycles. The predicted octanol–water partition coefficient (Wildman–Crippen LogP) is 0.861. The lowest BCUT2D eigenvalue weighted by atomic mass is 10.3. The molecule has 78 valence electrons. The minimum Gasteiger partial charge on any atom is -0.465 e. The van der Waals surface area contributed by atoms with Crippen LogP contribution in [0.5, 0.6) is 0 Å². The molecule has 2 N–H and O–H groups in total. The number of nitrogen functional groups attached to an aromatic ring is 1. The van der Waals surface area contributed by atoms with Crippen molar-refractivity contribution >= 4 is 33.5 Å². The average molecular weight is 271 g/mol. The molecular formula is C8H7BrN4O2. The Morgan fingerprint density at radius 2 is 2.20 bits per heavy atom. The van der Waals surface area contributed by atoms with Crippen LogP contribution in [0.2, 0.25) is 0 Å². The van der Waals surface area contributed by atoms with Crippen molar-refractivity contribution in [2.24, 2.45) is 0 Å². The lowest BCUT2D eigenvalue weighted by Crippen LogP contribution is -2.10. The zero-order chi connectivity index (χ0) is 11.0.